The van der Waals surface area contributed by atoms with E-state index in [0.717, 1.165) is 12.2 Å². The van der Waals surface area contributed by atoms with Crippen molar-refractivity contribution in [3.8, 4) is 0 Å². The van der Waals surface area contributed by atoms with Crippen LogP contribution in [0.5, 0.6) is 0 Å². The third-order valence-corrected chi connectivity index (χ3v) is 3.84. The average molecular weight is 252 g/mol. The van der Waals surface area contributed by atoms with Crippen LogP contribution in [0.15, 0.2) is 4.52 Å². The molecule has 0 aromatic carbocycles. The number of aliphatic hydroxyl groups is 1. The number of aliphatic hydroxyl groups excluding tert-OH is 1. The predicted octanol–water partition coefficient (Wildman–Crippen LogP) is 3.21. The molecule has 0 aliphatic heterocycles. The van der Waals surface area contributed by atoms with Gasteiger partial charge in [0.15, 0.2) is 5.82 Å². The molecule has 0 saturated heterocycles. The minimum Gasteiger partial charge on any atom is -0.393 e. The summed E-state index contributed by atoms with van der Waals surface area (Å²) in [5.74, 6) is 1.90. The maximum absolute atomic E-state index is 9.59. The van der Waals surface area contributed by atoms with E-state index < -0.39 is 0 Å². The van der Waals surface area contributed by atoms with Gasteiger partial charge in [-0.25, -0.2) is 0 Å². The fraction of sp³-hybridized carbons (Fsp3) is 0.857. The van der Waals surface area contributed by atoms with Gasteiger partial charge < -0.3 is 9.63 Å². The van der Waals surface area contributed by atoms with E-state index in [1.165, 1.54) is 44.9 Å². The molecule has 0 radical (unpaired) electrons. The molecule has 102 valence electrons. The van der Waals surface area contributed by atoms with Crippen molar-refractivity contribution in [3.63, 3.8) is 0 Å². The van der Waals surface area contributed by atoms with Gasteiger partial charge in [-0.15, -0.1) is 0 Å². The summed E-state index contributed by atoms with van der Waals surface area (Å²) in [6.45, 7) is 1.96. The zero-order valence-electron chi connectivity index (χ0n) is 11.3. The fourth-order valence-electron chi connectivity index (χ4n) is 2.58. The van der Waals surface area contributed by atoms with Crippen LogP contribution in [-0.4, -0.2) is 21.4 Å². The maximum atomic E-state index is 9.59. The first-order valence-corrected chi connectivity index (χ1v) is 7.30. The summed E-state index contributed by atoms with van der Waals surface area (Å²) < 4.78 is 5.24. The molecule has 2 rings (SSSR count). The van der Waals surface area contributed by atoms with E-state index in [9.17, 15) is 5.11 Å². The van der Waals surface area contributed by atoms with E-state index in [1.54, 1.807) is 0 Å². The lowest BCUT2D eigenvalue weighted by molar-refractivity contribution is 0.158. The molecule has 4 nitrogen and oxygen atoms in total. The molecule has 1 unspecified atom stereocenters. The lowest BCUT2D eigenvalue weighted by atomic mass is 9.91. The van der Waals surface area contributed by atoms with Gasteiger partial charge in [-0.05, 0) is 19.3 Å². The summed E-state index contributed by atoms with van der Waals surface area (Å²) in [7, 11) is 0. The Balaban J connectivity index is 1.94. The van der Waals surface area contributed by atoms with Crippen LogP contribution in [0.25, 0.3) is 0 Å². The van der Waals surface area contributed by atoms with Crippen molar-refractivity contribution in [1.82, 2.24) is 10.1 Å². The quantitative estimate of drug-likeness (QED) is 0.894. The van der Waals surface area contributed by atoms with Gasteiger partial charge in [-0.2, -0.15) is 4.98 Å². The highest BCUT2D eigenvalue weighted by molar-refractivity contribution is 4.96. The molecule has 0 amide bonds. The summed E-state index contributed by atoms with van der Waals surface area (Å²) in [6.07, 6.45) is 9.76. The molecule has 1 aliphatic carbocycles. The van der Waals surface area contributed by atoms with E-state index in [0.29, 0.717) is 18.2 Å². The van der Waals surface area contributed by atoms with E-state index >= 15 is 0 Å². The van der Waals surface area contributed by atoms with Gasteiger partial charge >= 0.3 is 0 Å². The van der Waals surface area contributed by atoms with Gasteiger partial charge in [0.05, 0.1) is 12.5 Å². The summed E-state index contributed by atoms with van der Waals surface area (Å²) in [6, 6.07) is 0. The van der Waals surface area contributed by atoms with Crippen molar-refractivity contribution in [2.45, 2.75) is 76.7 Å². The Morgan fingerprint density at radius 2 is 1.89 bits per heavy atom. The Labute approximate surface area is 109 Å². The number of hydrogen-bond donors (Lipinski definition) is 1. The molecule has 0 spiro atoms. The molecule has 18 heavy (non-hydrogen) atoms. The second kappa shape index (κ2) is 6.88. The van der Waals surface area contributed by atoms with Gasteiger partial charge in [0.25, 0.3) is 0 Å². The van der Waals surface area contributed by atoms with E-state index in [-0.39, 0.29) is 6.10 Å². The van der Waals surface area contributed by atoms with Crippen molar-refractivity contribution in [1.29, 1.82) is 0 Å². The van der Waals surface area contributed by atoms with Crippen LogP contribution in [-0.2, 0) is 6.42 Å². The molecule has 0 bridgehead atoms. The van der Waals surface area contributed by atoms with Crippen LogP contribution < -0.4 is 0 Å². The van der Waals surface area contributed by atoms with Crippen LogP contribution >= 0.6 is 0 Å². The monoisotopic (exact) mass is 252 g/mol. The fourth-order valence-corrected chi connectivity index (χ4v) is 2.58. The van der Waals surface area contributed by atoms with Crippen LogP contribution in [0, 0.1) is 0 Å². The Morgan fingerprint density at radius 3 is 2.56 bits per heavy atom. The van der Waals surface area contributed by atoms with E-state index in [2.05, 4.69) is 10.1 Å². The van der Waals surface area contributed by atoms with Crippen molar-refractivity contribution in [2.24, 2.45) is 0 Å². The molecular weight excluding hydrogens is 228 g/mol. The van der Waals surface area contributed by atoms with E-state index in [1.807, 2.05) is 6.92 Å². The highest BCUT2D eigenvalue weighted by Crippen LogP contribution is 2.29. The standard InChI is InChI=1S/C14H24N2O2/c1-2-12(17)10-13-15-14(16-18-13)11-8-6-4-3-5-7-9-11/h11-12,17H,2-10H2,1H3. The normalized spacial score (nSPS) is 20.3. The van der Waals surface area contributed by atoms with Gasteiger partial charge in [0.1, 0.15) is 0 Å². The van der Waals surface area contributed by atoms with Gasteiger partial charge in [0.2, 0.25) is 5.89 Å². The number of hydrogen-bond acceptors (Lipinski definition) is 4. The Bertz CT molecular complexity index is 343. The zero-order chi connectivity index (χ0) is 12.8. The SMILES string of the molecule is CCC(O)Cc1nc(C2CCCCCCC2)no1. The minimum atomic E-state index is -0.365. The Hall–Kier alpha value is -0.900. The zero-order valence-corrected chi connectivity index (χ0v) is 11.3. The molecule has 1 N–H and O–H groups in total. The summed E-state index contributed by atoms with van der Waals surface area (Å²) in [5.41, 5.74) is 0. The number of aromatic nitrogens is 2. The van der Waals surface area contributed by atoms with Crippen molar-refractivity contribution >= 4 is 0 Å². The molecular formula is C14H24N2O2. The average Bonchev–Trinajstić information content (AvgIpc) is 2.77. The van der Waals surface area contributed by atoms with Crippen LogP contribution in [0.3, 0.4) is 0 Å². The molecule has 1 heterocycles. The smallest absolute Gasteiger partial charge is 0.229 e. The van der Waals surface area contributed by atoms with Crippen molar-refractivity contribution in [3.05, 3.63) is 11.7 Å². The second-order valence-corrected chi connectivity index (χ2v) is 5.35. The van der Waals surface area contributed by atoms with Crippen molar-refractivity contribution < 1.29 is 9.63 Å². The van der Waals surface area contributed by atoms with Crippen LogP contribution in [0.1, 0.15) is 75.9 Å². The molecule has 1 saturated carbocycles. The molecule has 1 atom stereocenters. The third-order valence-electron chi connectivity index (χ3n) is 3.84. The lowest BCUT2D eigenvalue weighted by Crippen LogP contribution is -2.09. The lowest BCUT2D eigenvalue weighted by Gasteiger charge is -2.15. The number of rotatable bonds is 4. The Morgan fingerprint density at radius 1 is 1.22 bits per heavy atom. The first-order valence-electron chi connectivity index (χ1n) is 7.30. The third kappa shape index (κ3) is 3.80. The molecule has 1 aromatic rings. The highest BCUT2D eigenvalue weighted by Gasteiger charge is 2.20. The summed E-state index contributed by atoms with van der Waals surface area (Å²) in [5, 5.41) is 13.7. The molecule has 1 fully saturated rings. The summed E-state index contributed by atoms with van der Waals surface area (Å²) >= 11 is 0. The molecule has 1 aliphatic rings. The predicted molar refractivity (Wildman–Crippen MR) is 69.4 cm³/mol. The topological polar surface area (TPSA) is 59.2 Å². The maximum Gasteiger partial charge on any atom is 0.229 e. The van der Waals surface area contributed by atoms with Gasteiger partial charge in [-0.3, -0.25) is 0 Å². The summed E-state index contributed by atoms with van der Waals surface area (Å²) in [4.78, 5) is 4.46. The van der Waals surface area contributed by atoms with Crippen molar-refractivity contribution in [2.75, 3.05) is 0 Å². The molecule has 1 aromatic heterocycles. The molecule has 4 heteroatoms. The Kier molecular flexibility index (Phi) is 5.17. The first-order chi connectivity index (χ1) is 8.79. The van der Waals surface area contributed by atoms with Crippen LogP contribution in [0.4, 0.5) is 0 Å². The van der Waals surface area contributed by atoms with E-state index in [4.69, 9.17) is 4.52 Å². The van der Waals surface area contributed by atoms with Crippen LogP contribution in [0.2, 0.25) is 0 Å². The van der Waals surface area contributed by atoms with Gasteiger partial charge in [-0.1, -0.05) is 44.2 Å². The van der Waals surface area contributed by atoms with Gasteiger partial charge in [0, 0.05) is 5.92 Å². The highest BCUT2D eigenvalue weighted by atomic mass is 16.5. The minimum absolute atomic E-state index is 0.365. The second-order valence-electron chi connectivity index (χ2n) is 5.35. The first kappa shape index (κ1) is 13.5. The largest absolute Gasteiger partial charge is 0.393 e. The number of nitrogens with zero attached hydrogens (tertiary/aromatic N) is 2.